The molecule has 204 valence electrons. The maximum absolute atomic E-state index is 13.6. The molecule has 2 aliphatic heterocycles. The maximum Gasteiger partial charge on any atom is 0.412 e. The maximum atomic E-state index is 13.6. The molecule has 0 spiro atoms. The number of nitrogens with zero attached hydrogens (tertiary/aromatic N) is 5. The Kier molecular flexibility index (Phi) is 6.41. The third kappa shape index (κ3) is 5.23. The van der Waals surface area contributed by atoms with Gasteiger partial charge in [0.2, 0.25) is 11.8 Å². The van der Waals surface area contributed by atoms with Gasteiger partial charge in [0, 0.05) is 57.4 Å². The number of hydrogen-bond donors (Lipinski definition) is 3. The largest absolute Gasteiger partial charge is 0.494 e. The molecule has 2 aromatic heterocycles. The second-order valence-electron chi connectivity index (χ2n) is 10.5. The predicted octanol–water partition coefficient (Wildman–Crippen LogP) is 3.51. The molecule has 4 heterocycles. The van der Waals surface area contributed by atoms with Crippen molar-refractivity contribution in [3.63, 3.8) is 0 Å². The highest BCUT2D eigenvalue weighted by Crippen LogP contribution is 2.35. The Morgan fingerprint density at radius 3 is 2.61 bits per heavy atom. The Labute approximate surface area is 218 Å². The topological polar surface area (TPSA) is 138 Å². The van der Waals surface area contributed by atoms with Gasteiger partial charge in [0.25, 0.3) is 0 Å². The number of carbonyl (C=O) groups excluding carboxylic acids is 2. The number of anilines is 1. The average Bonchev–Trinajstić information content (AvgIpc) is 3.43. The zero-order valence-electron chi connectivity index (χ0n) is 21.8. The first-order valence-electron chi connectivity index (χ1n) is 12.5. The number of hydrogen-bond acceptors (Lipinski definition) is 7. The molecule has 12 nitrogen and oxygen atoms in total. The third-order valence-corrected chi connectivity index (χ3v) is 6.92. The molecule has 3 aromatic rings. The number of aromatic nitrogens is 4. The van der Waals surface area contributed by atoms with E-state index in [1.165, 1.54) is 18.7 Å². The van der Waals surface area contributed by atoms with Crippen LogP contribution in [0.15, 0.2) is 24.5 Å². The molecule has 13 heteroatoms. The molecule has 38 heavy (non-hydrogen) atoms. The second-order valence-corrected chi connectivity index (χ2v) is 10.5. The number of urea groups is 1. The van der Waals surface area contributed by atoms with E-state index in [0.717, 1.165) is 11.1 Å². The summed E-state index contributed by atoms with van der Waals surface area (Å²) in [6.07, 6.45) is 3.89. The number of nitrogens with one attached hydrogen (secondary N) is 2. The summed E-state index contributed by atoms with van der Waals surface area (Å²) in [6.45, 7) is 5.77. The number of ether oxygens (including phenoxy) is 2. The molecule has 0 aliphatic carbocycles. The number of aromatic amines is 1. The molecule has 5 rings (SSSR count). The minimum atomic E-state index is -2.03. The summed E-state index contributed by atoms with van der Waals surface area (Å²) in [5, 5.41) is 17.4. The number of likely N-dealkylation sites (tertiary alicyclic amines) is 2. The number of rotatable bonds is 5. The van der Waals surface area contributed by atoms with Crippen molar-refractivity contribution in [2.24, 2.45) is 0 Å². The lowest BCUT2D eigenvalue weighted by molar-refractivity contribution is -0.0854. The van der Waals surface area contributed by atoms with Gasteiger partial charge in [-0.05, 0) is 31.9 Å². The van der Waals surface area contributed by atoms with Gasteiger partial charge in [0.05, 0.1) is 24.9 Å². The van der Waals surface area contributed by atoms with Gasteiger partial charge in [-0.25, -0.2) is 14.6 Å². The highest BCUT2D eigenvalue weighted by Gasteiger charge is 2.36. The number of carbonyl (C=O) groups is 2. The minimum absolute atomic E-state index is 0.0629. The number of halogens is 1. The summed E-state index contributed by atoms with van der Waals surface area (Å²) in [5.41, 5.74) is 2.06. The first-order valence-corrected chi connectivity index (χ1v) is 12.5. The van der Waals surface area contributed by atoms with E-state index in [0.29, 0.717) is 55.8 Å². The molecular formula is C25H32FN7O5. The van der Waals surface area contributed by atoms with Crippen molar-refractivity contribution in [3.05, 3.63) is 24.5 Å². The normalized spacial score (nSPS) is 17.8. The van der Waals surface area contributed by atoms with E-state index < -0.39 is 17.5 Å². The predicted molar refractivity (Wildman–Crippen MR) is 137 cm³/mol. The van der Waals surface area contributed by atoms with E-state index in [1.807, 2.05) is 18.3 Å². The number of fused-ring (bicyclic) bond motifs is 1. The summed E-state index contributed by atoms with van der Waals surface area (Å²) in [6, 6.07) is 3.32. The minimum Gasteiger partial charge on any atom is -0.494 e. The Morgan fingerprint density at radius 2 is 1.95 bits per heavy atom. The zero-order valence-corrected chi connectivity index (χ0v) is 21.8. The van der Waals surface area contributed by atoms with Crippen molar-refractivity contribution < 1.29 is 28.6 Å². The van der Waals surface area contributed by atoms with Crippen LogP contribution in [0.5, 0.6) is 5.75 Å². The summed E-state index contributed by atoms with van der Waals surface area (Å²) in [4.78, 5) is 35.7. The lowest BCUT2D eigenvalue weighted by Gasteiger charge is -2.39. The quantitative estimate of drug-likeness (QED) is 0.460. The number of amides is 3. The molecule has 0 atom stereocenters. The molecule has 3 amide bonds. The highest BCUT2D eigenvalue weighted by atomic mass is 19.2. The average molecular weight is 530 g/mol. The third-order valence-electron chi connectivity index (χ3n) is 6.92. The van der Waals surface area contributed by atoms with Gasteiger partial charge in [-0.15, -0.1) is 0 Å². The van der Waals surface area contributed by atoms with E-state index in [2.05, 4.69) is 20.4 Å². The van der Waals surface area contributed by atoms with E-state index >= 15 is 0 Å². The van der Waals surface area contributed by atoms with Crippen molar-refractivity contribution >= 4 is 29.1 Å². The highest BCUT2D eigenvalue weighted by molar-refractivity contribution is 5.98. The molecule has 3 N–H and O–H groups in total. The molecular weight excluding hydrogens is 497 g/mol. The molecule has 0 bridgehead atoms. The van der Waals surface area contributed by atoms with Crippen LogP contribution in [-0.4, -0.2) is 91.5 Å². The molecule has 0 radical (unpaired) electrons. The van der Waals surface area contributed by atoms with Gasteiger partial charge >= 0.3 is 12.1 Å². The van der Waals surface area contributed by atoms with Gasteiger partial charge < -0.3 is 29.4 Å². The Balaban J connectivity index is 1.32. The van der Waals surface area contributed by atoms with Crippen LogP contribution < -0.4 is 10.1 Å². The molecule has 2 saturated heterocycles. The smallest absolute Gasteiger partial charge is 0.412 e. The zero-order chi connectivity index (χ0) is 27.2. The van der Waals surface area contributed by atoms with Crippen molar-refractivity contribution in [1.29, 1.82) is 0 Å². The fourth-order valence-corrected chi connectivity index (χ4v) is 4.62. The lowest BCUT2D eigenvalue weighted by Crippen LogP contribution is -2.52. The fraction of sp³-hybridized carbons (Fsp3) is 0.520. The summed E-state index contributed by atoms with van der Waals surface area (Å²) >= 11 is 0. The summed E-state index contributed by atoms with van der Waals surface area (Å²) < 4.78 is 25.6. The number of aliphatic hydroxyl groups is 1. The van der Waals surface area contributed by atoms with Crippen LogP contribution in [0.1, 0.15) is 39.7 Å². The van der Waals surface area contributed by atoms with Gasteiger partial charge in [0.1, 0.15) is 16.8 Å². The molecule has 1 aromatic carbocycles. The van der Waals surface area contributed by atoms with Gasteiger partial charge in [-0.1, -0.05) is 0 Å². The number of alkyl halides is 1. The number of methoxy groups -OCH3 is 1. The Bertz CT molecular complexity index is 1350. The second kappa shape index (κ2) is 9.46. The van der Waals surface area contributed by atoms with Crippen LogP contribution in [0.3, 0.4) is 0 Å². The molecule has 0 unspecified atom stereocenters. The lowest BCUT2D eigenvalue weighted by atomic mass is 9.94. The van der Waals surface area contributed by atoms with Crippen molar-refractivity contribution in [2.75, 3.05) is 38.6 Å². The van der Waals surface area contributed by atoms with E-state index in [-0.39, 0.29) is 18.0 Å². The van der Waals surface area contributed by atoms with Crippen LogP contribution in [0.4, 0.5) is 19.9 Å². The van der Waals surface area contributed by atoms with E-state index in [1.54, 1.807) is 29.8 Å². The van der Waals surface area contributed by atoms with Crippen molar-refractivity contribution in [3.8, 4) is 16.9 Å². The van der Waals surface area contributed by atoms with Crippen LogP contribution in [-0.2, 0) is 4.74 Å². The fourth-order valence-electron chi connectivity index (χ4n) is 4.62. The van der Waals surface area contributed by atoms with Crippen LogP contribution >= 0.6 is 0 Å². The number of imidazole rings is 1. The van der Waals surface area contributed by atoms with Crippen molar-refractivity contribution in [2.45, 2.75) is 51.1 Å². The van der Waals surface area contributed by atoms with Gasteiger partial charge in [-0.3, -0.25) is 10.00 Å². The van der Waals surface area contributed by atoms with Crippen molar-refractivity contribution in [1.82, 2.24) is 29.5 Å². The van der Waals surface area contributed by atoms with E-state index in [9.17, 15) is 19.1 Å². The Morgan fingerprint density at radius 1 is 1.24 bits per heavy atom. The molecule has 2 fully saturated rings. The first-order chi connectivity index (χ1) is 17.9. The van der Waals surface area contributed by atoms with Crippen LogP contribution in [0.2, 0.25) is 0 Å². The number of piperidine rings is 1. The van der Waals surface area contributed by atoms with Gasteiger partial charge in [0.15, 0.2) is 0 Å². The molecule has 2 aliphatic rings. The standard InChI is InChI=1S/C25H32FN7O5/c1-24(2,26)38-23(35)32-13-16(14-32)33-12-15(11-27-33)17-5-6-18(37-4)20-19(17)28-21(29-20)30-22(34)31-9-7-25(3,36)8-10-31/h5-6,11-12,16,36H,7-10,13-14H2,1-4H3,(H2,28,29,30,34). The SMILES string of the molecule is COc1ccc(-c2cnn(C3CN(C(=O)OC(C)(C)F)C3)c2)c2nc(NC(=O)N3CCC(C)(O)CC3)[nH]c12. The first kappa shape index (κ1) is 25.8. The van der Waals surface area contributed by atoms with E-state index in [4.69, 9.17) is 9.47 Å². The number of H-pyrrole nitrogens is 1. The monoisotopic (exact) mass is 529 g/mol. The van der Waals surface area contributed by atoms with Gasteiger partial charge in [-0.2, -0.15) is 9.49 Å². The van der Waals surface area contributed by atoms with Crippen LogP contribution in [0, 0.1) is 0 Å². The summed E-state index contributed by atoms with van der Waals surface area (Å²) in [5.74, 6) is -1.18. The summed E-state index contributed by atoms with van der Waals surface area (Å²) in [7, 11) is 1.56. The van der Waals surface area contributed by atoms with Crippen LogP contribution in [0.25, 0.3) is 22.2 Å². The number of benzene rings is 1. The molecule has 0 saturated carbocycles. The Hall–Kier alpha value is -3.87.